The first-order valence-corrected chi connectivity index (χ1v) is 13.2. The predicted molar refractivity (Wildman–Crippen MR) is 146 cm³/mol. The molecule has 8 heteroatoms. The Morgan fingerprint density at radius 1 is 0.973 bits per heavy atom. The molecule has 0 amide bonds. The SMILES string of the molecule is CC(C)(C)C(O)C#Cc1ccc2ncnc(N(c3ccc4[nH]ccc4c3)S(=O)(=O)c3ccccc3)c2c1. The smallest absolute Gasteiger partial charge is 0.269 e. The molecule has 1 atom stereocenters. The zero-order chi connectivity index (χ0) is 26.2. The average Bonchev–Trinajstić information content (AvgIpc) is 3.35. The van der Waals surface area contributed by atoms with E-state index in [4.69, 9.17) is 0 Å². The van der Waals surface area contributed by atoms with Crippen LogP contribution in [0.2, 0.25) is 0 Å². The van der Waals surface area contributed by atoms with Crippen LogP contribution >= 0.6 is 0 Å². The largest absolute Gasteiger partial charge is 0.380 e. The zero-order valence-corrected chi connectivity index (χ0v) is 21.5. The van der Waals surface area contributed by atoms with Gasteiger partial charge in [0.2, 0.25) is 0 Å². The van der Waals surface area contributed by atoms with Crippen LogP contribution in [0.1, 0.15) is 26.3 Å². The highest BCUT2D eigenvalue weighted by Crippen LogP contribution is 2.36. The van der Waals surface area contributed by atoms with Crippen molar-refractivity contribution in [1.82, 2.24) is 15.0 Å². The van der Waals surface area contributed by atoms with Crippen LogP contribution in [0.3, 0.4) is 0 Å². The lowest BCUT2D eigenvalue weighted by molar-refractivity contribution is 0.114. The first-order valence-electron chi connectivity index (χ1n) is 11.8. The number of nitrogens with zero attached hydrogens (tertiary/aromatic N) is 3. The number of sulfonamides is 1. The minimum Gasteiger partial charge on any atom is -0.380 e. The highest BCUT2D eigenvalue weighted by molar-refractivity contribution is 7.93. The number of benzene rings is 3. The quantitative estimate of drug-likeness (QED) is 0.316. The number of hydrogen-bond donors (Lipinski definition) is 2. The third kappa shape index (κ3) is 4.79. The van der Waals surface area contributed by atoms with Crippen LogP contribution in [0.15, 0.2) is 90.2 Å². The molecule has 0 radical (unpaired) electrons. The van der Waals surface area contributed by atoms with Crippen molar-refractivity contribution in [1.29, 1.82) is 0 Å². The lowest BCUT2D eigenvalue weighted by atomic mass is 9.89. The molecule has 0 aliphatic heterocycles. The molecule has 7 nitrogen and oxygen atoms in total. The van der Waals surface area contributed by atoms with Gasteiger partial charge in [-0.2, -0.15) is 0 Å². The summed E-state index contributed by atoms with van der Waals surface area (Å²) in [5, 5.41) is 11.8. The van der Waals surface area contributed by atoms with Gasteiger partial charge in [0.05, 0.1) is 16.1 Å². The van der Waals surface area contributed by atoms with Gasteiger partial charge in [-0.25, -0.2) is 22.7 Å². The fourth-order valence-corrected chi connectivity index (χ4v) is 5.37. The van der Waals surface area contributed by atoms with Crippen molar-refractivity contribution in [3.63, 3.8) is 0 Å². The van der Waals surface area contributed by atoms with Gasteiger partial charge < -0.3 is 10.1 Å². The second-order valence-corrected chi connectivity index (χ2v) is 11.6. The number of aliphatic hydroxyl groups is 1. The Kier molecular flexibility index (Phi) is 6.20. The summed E-state index contributed by atoms with van der Waals surface area (Å²) in [6.07, 6.45) is 2.34. The molecule has 1 unspecified atom stereocenters. The van der Waals surface area contributed by atoms with E-state index < -0.39 is 21.5 Å². The van der Waals surface area contributed by atoms with E-state index in [1.54, 1.807) is 54.6 Å². The molecule has 0 fully saturated rings. The summed E-state index contributed by atoms with van der Waals surface area (Å²) in [5.74, 6) is 6.11. The number of fused-ring (bicyclic) bond motifs is 2. The van der Waals surface area contributed by atoms with E-state index in [0.717, 1.165) is 10.9 Å². The maximum Gasteiger partial charge on any atom is 0.269 e. The van der Waals surface area contributed by atoms with Crippen LogP contribution in [0.4, 0.5) is 11.5 Å². The number of hydrogen-bond acceptors (Lipinski definition) is 5. The van der Waals surface area contributed by atoms with Gasteiger partial charge in [0.15, 0.2) is 5.82 Å². The number of anilines is 2. The third-order valence-electron chi connectivity index (χ3n) is 6.03. The van der Waals surface area contributed by atoms with E-state index in [9.17, 15) is 13.5 Å². The van der Waals surface area contributed by atoms with Gasteiger partial charge in [0, 0.05) is 28.0 Å². The second-order valence-electron chi connectivity index (χ2n) is 9.80. The van der Waals surface area contributed by atoms with Crippen molar-refractivity contribution in [2.24, 2.45) is 5.41 Å². The maximum atomic E-state index is 14.1. The van der Waals surface area contributed by atoms with Gasteiger partial charge in [-0.1, -0.05) is 50.8 Å². The summed E-state index contributed by atoms with van der Waals surface area (Å²) in [4.78, 5) is 12.1. The fraction of sp³-hybridized carbons (Fsp3) is 0.172. The van der Waals surface area contributed by atoms with Crippen molar-refractivity contribution in [3.8, 4) is 11.8 Å². The molecule has 186 valence electrons. The van der Waals surface area contributed by atoms with E-state index in [-0.39, 0.29) is 10.7 Å². The molecule has 0 spiro atoms. The van der Waals surface area contributed by atoms with Crippen LogP contribution in [0, 0.1) is 17.3 Å². The Balaban J connectivity index is 1.73. The molecule has 0 saturated heterocycles. The van der Waals surface area contributed by atoms with Crippen LogP contribution in [-0.2, 0) is 10.0 Å². The van der Waals surface area contributed by atoms with E-state index in [1.807, 2.05) is 45.2 Å². The summed E-state index contributed by atoms with van der Waals surface area (Å²) < 4.78 is 29.4. The number of aliphatic hydroxyl groups excluding tert-OH is 1. The van der Waals surface area contributed by atoms with Gasteiger partial charge >= 0.3 is 0 Å². The van der Waals surface area contributed by atoms with E-state index in [0.29, 0.717) is 22.2 Å². The van der Waals surface area contributed by atoms with Crippen LogP contribution < -0.4 is 4.31 Å². The van der Waals surface area contributed by atoms with Crippen molar-refractivity contribution in [3.05, 3.63) is 90.9 Å². The van der Waals surface area contributed by atoms with Crippen molar-refractivity contribution in [2.75, 3.05) is 4.31 Å². The first-order chi connectivity index (χ1) is 17.6. The summed E-state index contributed by atoms with van der Waals surface area (Å²) in [6.45, 7) is 5.73. The Morgan fingerprint density at radius 2 is 1.76 bits per heavy atom. The average molecular weight is 511 g/mol. The van der Waals surface area contributed by atoms with E-state index in [2.05, 4.69) is 26.8 Å². The molecule has 2 heterocycles. The normalized spacial score (nSPS) is 12.8. The van der Waals surface area contributed by atoms with Crippen LogP contribution in [0.5, 0.6) is 0 Å². The molecule has 0 aliphatic rings. The van der Waals surface area contributed by atoms with E-state index in [1.165, 1.54) is 10.6 Å². The molecule has 37 heavy (non-hydrogen) atoms. The summed E-state index contributed by atoms with van der Waals surface area (Å²) in [5.41, 5.74) is 2.13. The van der Waals surface area contributed by atoms with Crippen LogP contribution in [-0.4, -0.2) is 34.6 Å². The van der Waals surface area contributed by atoms with Gasteiger partial charge in [-0.3, -0.25) is 0 Å². The monoisotopic (exact) mass is 510 g/mol. The summed E-state index contributed by atoms with van der Waals surface area (Å²) in [6, 6.07) is 20.9. The second kappa shape index (κ2) is 9.36. The van der Waals surface area contributed by atoms with E-state index >= 15 is 0 Å². The lowest BCUT2D eigenvalue weighted by Crippen LogP contribution is -2.27. The fourth-order valence-electron chi connectivity index (χ4n) is 3.89. The number of H-pyrrole nitrogens is 1. The Hall–Kier alpha value is -4.19. The number of aromatic amines is 1. The minimum absolute atomic E-state index is 0.139. The van der Waals surface area contributed by atoms with Crippen molar-refractivity contribution >= 4 is 43.3 Å². The predicted octanol–water partition coefficient (Wildman–Crippen LogP) is 5.40. The van der Waals surface area contributed by atoms with Crippen molar-refractivity contribution in [2.45, 2.75) is 31.8 Å². The highest BCUT2D eigenvalue weighted by atomic mass is 32.2. The number of aromatic nitrogens is 3. The number of rotatable bonds is 4. The van der Waals surface area contributed by atoms with Crippen molar-refractivity contribution < 1.29 is 13.5 Å². The topological polar surface area (TPSA) is 99.2 Å². The Bertz CT molecular complexity index is 1760. The number of nitrogens with one attached hydrogen (secondary N) is 1. The Labute approximate surface area is 215 Å². The summed E-state index contributed by atoms with van der Waals surface area (Å²) in [7, 11) is -4.05. The molecule has 0 bridgehead atoms. The Morgan fingerprint density at radius 3 is 2.51 bits per heavy atom. The minimum atomic E-state index is -4.05. The van der Waals surface area contributed by atoms with Crippen LogP contribution in [0.25, 0.3) is 21.8 Å². The summed E-state index contributed by atoms with van der Waals surface area (Å²) >= 11 is 0. The molecular weight excluding hydrogens is 484 g/mol. The molecule has 0 aliphatic carbocycles. The van der Waals surface area contributed by atoms with Gasteiger partial charge in [0.25, 0.3) is 10.0 Å². The van der Waals surface area contributed by atoms with Gasteiger partial charge in [0.1, 0.15) is 12.4 Å². The molecule has 2 aromatic heterocycles. The molecule has 3 aromatic carbocycles. The molecule has 0 saturated carbocycles. The first kappa shape index (κ1) is 24.5. The molecule has 2 N–H and O–H groups in total. The zero-order valence-electron chi connectivity index (χ0n) is 20.7. The van der Waals surface area contributed by atoms with Gasteiger partial charge in [-0.15, -0.1) is 0 Å². The lowest BCUT2D eigenvalue weighted by Gasteiger charge is -2.25. The third-order valence-corrected chi connectivity index (χ3v) is 7.77. The van der Waals surface area contributed by atoms with Gasteiger partial charge in [-0.05, 0) is 60.0 Å². The molecule has 5 rings (SSSR count). The molecular formula is C29H26N4O3S. The highest BCUT2D eigenvalue weighted by Gasteiger charge is 2.29. The standard InChI is InChI=1S/C29H26N4O3S/c1-29(2,3)27(34)14-10-20-9-12-26-24(17-20)28(32-19-31-26)33(37(35,36)23-7-5-4-6-8-23)22-11-13-25-21(18-22)15-16-30-25/h4-9,11-13,15-19,27,30,34H,1-3H3. The molecule has 5 aromatic rings. The maximum absolute atomic E-state index is 14.1.